The zero-order valence-electron chi connectivity index (χ0n) is 16.2. The zero-order valence-corrected chi connectivity index (χ0v) is 16.2. The number of aromatic nitrogens is 1. The average Bonchev–Trinajstić information content (AvgIpc) is 3.59. The molecule has 0 bridgehead atoms. The van der Waals surface area contributed by atoms with Crippen LogP contribution in [0.4, 0.5) is 0 Å². The molecule has 0 N–H and O–H groups in total. The van der Waals surface area contributed by atoms with Crippen LogP contribution in [0.5, 0.6) is 0 Å². The maximum Gasteiger partial charge on any atom is 0.225 e. The van der Waals surface area contributed by atoms with E-state index < -0.39 is 0 Å². The van der Waals surface area contributed by atoms with Gasteiger partial charge in [0.2, 0.25) is 5.91 Å². The van der Waals surface area contributed by atoms with Crippen LogP contribution in [0.25, 0.3) is 22.0 Å². The lowest BCUT2D eigenvalue weighted by Crippen LogP contribution is -2.39. The van der Waals surface area contributed by atoms with Crippen LogP contribution in [0, 0.1) is 11.8 Å². The Hall–Kier alpha value is -2.68. The first-order chi connectivity index (χ1) is 13.8. The van der Waals surface area contributed by atoms with E-state index in [4.69, 9.17) is 0 Å². The number of likely N-dealkylation sites (tertiary alicyclic amines) is 1. The average molecular weight is 370 g/mol. The monoisotopic (exact) mass is 370 g/mol. The molecule has 2 heterocycles. The number of rotatable bonds is 4. The minimum Gasteiger partial charge on any atom is -0.342 e. The molecule has 1 aromatic heterocycles. The van der Waals surface area contributed by atoms with Gasteiger partial charge in [-0.05, 0) is 55.0 Å². The number of hydrogen-bond donors (Lipinski definition) is 0. The Bertz CT molecular complexity index is 983. The lowest BCUT2D eigenvalue weighted by molar-refractivity contribution is -0.133. The third-order valence-electron chi connectivity index (χ3n) is 6.26. The van der Waals surface area contributed by atoms with Crippen LogP contribution in [0.3, 0.4) is 0 Å². The first kappa shape index (κ1) is 17.4. The first-order valence-electron chi connectivity index (χ1n) is 10.5. The van der Waals surface area contributed by atoms with E-state index in [1.54, 1.807) is 0 Å². The smallest absolute Gasteiger partial charge is 0.225 e. The number of pyridine rings is 1. The van der Waals surface area contributed by atoms with Gasteiger partial charge in [0, 0.05) is 36.2 Å². The molecular formula is C25H26N2O. The summed E-state index contributed by atoms with van der Waals surface area (Å²) < 4.78 is 0. The second kappa shape index (κ2) is 7.38. The van der Waals surface area contributed by atoms with Crippen LogP contribution < -0.4 is 0 Å². The molecule has 1 aliphatic carbocycles. The Morgan fingerprint density at radius 2 is 1.64 bits per heavy atom. The highest BCUT2D eigenvalue weighted by Crippen LogP contribution is 2.33. The Kier molecular flexibility index (Phi) is 4.59. The summed E-state index contributed by atoms with van der Waals surface area (Å²) >= 11 is 0. The molecule has 3 aromatic rings. The van der Waals surface area contributed by atoms with Crippen LogP contribution in [0.15, 0.2) is 60.8 Å². The third-order valence-corrected chi connectivity index (χ3v) is 6.26. The van der Waals surface area contributed by atoms with Crippen molar-refractivity contribution in [1.82, 2.24) is 9.88 Å². The van der Waals surface area contributed by atoms with Crippen molar-refractivity contribution >= 4 is 16.7 Å². The Balaban J connectivity index is 1.22. The predicted molar refractivity (Wildman–Crippen MR) is 113 cm³/mol. The van der Waals surface area contributed by atoms with Gasteiger partial charge >= 0.3 is 0 Å². The molecule has 0 atom stereocenters. The number of amides is 1. The molecule has 1 saturated heterocycles. The second-order valence-electron chi connectivity index (χ2n) is 8.36. The molecule has 1 amide bonds. The van der Waals surface area contributed by atoms with Gasteiger partial charge < -0.3 is 4.90 Å². The van der Waals surface area contributed by atoms with Crippen molar-refractivity contribution in [2.75, 3.05) is 13.1 Å². The van der Waals surface area contributed by atoms with Gasteiger partial charge in [0.25, 0.3) is 0 Å². The summed E-state index contributed by atoms with van der Waals surface area (Å²) in [6.07, 6.45) is 7.54. The summed E-state index contributed by atoms with van der Waals surface area (Å²) in [6, 6.07) is 19.4. The standard InChI is InChI=1S/C25H26N2O/c28-25(21-9-10-21)27-13-11-19(12-14-27)15-18-5-7-20(8-6-18)24-16-22-3-1-2-4-23(22)17-26-24/h1-8,16-17,19,21H,9-15H2. The summed E-state index contributed by atoms with van der Waals surface area (Å²) in [4.78, 5) is 18.9. The fraction of sp³-hybridized carbons (Fsp3) is 0.360. The molecule has 28 heavy (non-hydrogen) atoms. The molecule has 2 fully saturated rings. The van der Waals surface area contributed by atoms with Gasteiger partial charge in [-0.25, -0.2) is 0 Å². The van der Waals surface area contributed by atoms with E-state index in [-0.39, 0.29) is 0 Å². The number of piperidine rings is 1. The molecule has 2 aromatic carbocycles. The van der Waals surface area contributed by atoms with Crippen LogP contribution in [-0.4, -0.2) is 28.9 Å². The van der Waals surface area contributed by atoms with Crippen molar-refractivity contribution in [2.24, 2.45) is 11.8 Å². The summed E-state index contributed by atoms with van der Waals surface area (Å²) in [5.41, 5.74) is 3.58. The molecule has 0 radical (unpaired) electrons. The topological polar surface area (TPSA) is 33.2 Å². The fourth-order valence-corrected chi connectivity index (χ4v) is 4.33. The highest BCUT2D eigenvalue weighted by atomic mass is 16.2. The number of hydrogen-bond acceptors (Lipinski definition) is 2. The van der Waals surface area contributed by atoms with Gasteiger partial charge in [-0.15, -0.1) is 0 Å². The summed E-state index contributed by atoms with van der Waals surface area (Å²) in [5, 5.41) is 2.40. The molecular weight excluding hydrogens is 344 g/mol. The Morgan fingerprint density at radius 1 is 0.929 bits per heavy atom. The van der Waals surface area contributed by atoms with E-state index in [9.17, 15) is 4.79 Å². The predicted octanol–water partition coefficient (Wildman–Crippen LogP) is 5.09. The van der Waals surface area contributed by atoms with Crippen LogP contribution in [0.1, 0.15) is 31.2 Å². The number of carbonyl (C=O) groups is 1. The van der Waals surface area contributed by atoms with E-state index in [1.807, 2.05) is 12.3 Å². The second-order valence-corrected chi connectivity index (χ2v) is 8.36. The van der Waals surface area contributed by atoms with E-state index in [0.717, 1.165) is 50.9 Å². The highest BCUT2D eigenvalue weighted by Gasteiger charge is 2.34. The third kappa shape index (κ3) is 3.66. The molecule has 0 unspecified atom stereocenters. The maximum atomic E-state index is 12.2. The maximum absolute atomic E-state index is 12.2. The van der Waals surface area contributed by atoms with Crippen molar-refractivity contribution in [2.45, 2.75) is 32.1 Å². The van der Waals surface area contributed by atoms with Crippen LogP contribution in [0.2, 0.25) is 0 Å². The van der Waals surface area contributed by atoms with Crippen LogP contribution in [-0.2, 0) is 11.2 Å². The van der Waals surface area contributed by atoms with E-state index in [0.29, 0.717) is 17.7 Å². The van der Waals surface area contributed by atoms with E-state index >= 15 is 0 Å². The minimum atomic E-state index is 0.354. The van der Waals surface area contributed by atoms with Gasteiger partial charge in [0.1, 0.15) is 0 Å². The van der Waals surface area contributed by atoms with Gasteiger partial charge in [-0.2, -0.15) is 0 Å². The molecule has 5 rings (SSSR count). The summed E-state index contributed by atoms with van der Waals surface area (Å²) in [5.74, 6) is 1.45. The number of carbonyl (C=O) groups excluding carboxylic acids is 1. The molecule has 1 aliphatic heterocycles. The van der Waals surface area contributed by atoms with Gasteiger partial charge in [0.05, 0.1) is 5.69 Å². The zero-order chi connectivity index (χ0) is 18.9. The lowest BCUT2D eigenvalue weighted by atomic mass is 9.89. The largest absolute Gasteiger partial charge is 0.342 e. The van der Waals surface area contributed by atoms with E-state index in [1.165, 1.54) is 21.9 Å². The first-order valence-corrected chi connectivity index (χ1v) is 10.5. The SMILES string of the molecule is O=C(C1CC1)N1CCC(Cc2ccc(-c3cc4ccccc4cn3)cc2)CC1. The molecule has 142 valence electrons. The van der Waals surface area contributed by atoms with Crippen molar-refractivity contribution in [3.63, 3.8) is 0 Å². The summed E-state index contributed by atoms with van der Waals surface area (Å²) in [7, 11) is 0. The Labute approximate surface area is 166 Å². The van der Waals surface area contributed by atoms with Crippen molar-refractivity contribution < 1.29 is 4.79 Å². The molecule has 3 nitrogen and oxygen atoms in total. The van der Waals surface area contributed by atoms with E-state index in [2.05, 4.69) is 58.4 Å². The molecule has 2 aliphatic rings. The number of nitrogens with zero attached hydrogens (tertiary/aromatic N) is 2. The fourth-order valence-electron chi connectivity index (χ4n) is 4.33. The summed E-state index contributed by atoms with van der Waals surface area (Å²) in [6.45, 7) is 1.89. The van der Waals surface area contributed by atoms with Crippen molar-refractivity contribution in [3.8, 4) is 11.3 Å². The Morgan fingerprint density at radius 3 is 2.36 bits per heavy atom. The molecule has 3 heteroatoms. The lowest BCUT2D eigenvalue weighted by Gasteiger charge is -2.32. The molecule has 0 spiro atoms. The molecule has 1 saturated carbocycles. The van der Waals surface area contributed by atoms with Gasteiger partial charge in [-0.3, -0.25) is 9.78 Å². The van der Waals surface area contributed by atoms with Crippen molar-refractivity contribution in [3.05, 3.63) is 66.4 Å². The minimum absolute atomic E-state index is 0.354. The van der Waals surface area contributed by atoms with Gasteiger partial charge in [-0.1, -0.05) is 48.5 Å². The number of benzene rings is 2. The normalized spacial score (nSPS) is 17.8. The highest BCUT2D eigenvalue weighted by molar-refractivity contribution is 5.85. The quantitative estimate of drug-likeness (QED) is 0.641. The van der Waals surface area contributed by atoms with Gasteiger partial charge in [0.15, 0.2) is 0 Å². The van der Waals surface area contributed by atoms with Crippen molar-refractivity contribution in [1.29, 1.82) is 0 Å². The van der Waals surface area contributed by atoms with Crippen LogP contribution >= 0.6 is 0 Å². The number of fused-ring (bicyclic) bond motifs is 1.